The summed E-state index contributed by atoms with van der Waals surface area (Å²) < 4.78 is 38.1. The van der Waals surface area contributed by atoms with E-state index in [0.717, 1.165) is 12.1 Å². The number of nitrogens with zero attached hydrogens (tertiary/aromatic N) is 3. The zero-order chi connectivity index (χ0) is 16.3. The molecule has 4 nitrogen and oxygen atoms in total. The van der Waals surface area contributed by atoms with Crippen molar-refractivity contribution in [3.8, 4) is 6.07 Å². The topological polar surface area (TPSA) is 50.5 Å². The smallest absolute Gasteiger partial charge is 0.392 e. The van der Waals surface area contributed by atoms with E-state index in [1.165, 1.54) is 6.07 Å². The van der Waals surface area contributed by atoms with E-state index in [9.17, 15) is 18.3 Å². The van der Waals surface area contributed by atoms with Crippen LogP contribution in [0, 0.1) is 11.3 Å². The minimum atomic E-state index is -4.44. The van der Waals surface area contributed by atoms with E-state index in [-0.39, 0.29) is 5.56 Å². The molecule has 0 spiro atoms. The van der Waals surface area contributed by atoms with Gasteiger partial charge in [-0.3, -0.25) is 4.90 Å². The van der Waals surface area contributed by atoms with Crippen molar-refractivity contribution in [2.75, 3.05) is 37.6 Å². The first-order chi connectivity index (χ1) is 10.3. The Morgan fingerprint density at radius 3 is 2.41 bits per heavy atom. The van der Waals surface area contributed by atoms with E-state index < -0.39 is 17.8 Å². The maximum absolute atomic E-state index is 12.7. The molecule has 0 unspecified atom stereocenters. The molecule has 1 saturated heterocycles. The van der Waals surface area contributed by atoms with Gasteiger partial charge in [0.05, 0.1) is 22.9 Å². The first-order valence-electron chi connectivity index (χ1n) is 7.08. The Kier molecular flexibility index (Phi) is 4.94. The van der Waals surface area contributed by atoms with Crippen LogP contribution < -0.4 is 4.90 Å². The number of hydrogen-bond acceptors (Lipinski definition) is 4. The summed E-state index contributed by atoms with van der Waals surface area (Å²) in [5, 5.41) is 18.5. The highest BCUT2D eigenvalue weighted by Crippen LogP contribution is 2.33. The summed E-state index contributed by atoms with van der Waals surface area (Å²) in [7, 11) is 0. The van der Waals surface area contributed by atoms with Gasteiger partial charge in [-0.2, -0.15) is 18.4 Å². The average molecular weight is 313 g/mol. The zero-order valence-electron chi connectivity index (χ0n) is 12.3. The molecule has 0 bridgehead atoms. The molecule has 0 aliphatic carbocycles. The summed E-state index contributed by atoms with van der Waals surface area (Å²) >= 11 is 0. The Bertz CT molecular complexity index is 558. The number of nitriles is 1. The van der Waals surface area contributed by atoms with Crippen molar-refractivity contribution in [2.24, 2.45) is 0 Å². The summed E-state index contributed by atoms with van der Waals surface area (Å²) in [5.41, 5.74) is -0.230. The number of benzene rings is 1. The monoisotopic (exact) mass is 313 g/mol. The molecule has 1 fully saturated rings. The van der Waals surface area contributed by atoms with Gasteiger partial charge in [-0.25, -0.2) is 0 Å². The molecule has 1 atom stereocenters. The van der Waals surface area contributed by atoms with E-state index in [0.29, 0.717) is 38.4 Å². The van der Waals surface area contributed by atoms with Crippen LogP contribution in [0.5, 0.6) is 0 Å². The molecule has 0 aromatic heterocycles. The van der Waals surface area contributed by atoms with Crippen LogP contribution in [0.4, 0.5) is 18.9 Å². The number of rotatable bonds is 3. The van der Waals surface area contributed by atoms with Gasteiger partial charge in [-0.15, -0.1) is 0 Å². The quantitative estimate of drug-likeness (QED) is 0.928. The van der Waals surface area contributed by atoms with Crippen molar-refractivity contribution in [2.45, 2.75) is 19.2 Å². The molecule has 22 heavy (non-hydrogen) atoms. The summed E-state index contributed by atoms with van der Waals surface area (Å²) in [6.07, 6.45) is -4.85. The lowest BCUT2D eigenvalue weighted by Gasteiger charge is -2.37. The molecule has 1 aliphatic rings. The van der Waals surface area contributed by atoms with Gasteiger partial charge in [0.15, 0.2) is 0 Å². The molecule has 1 heterocycles. The van der Waals surface area contributed by atoms with Crippen molar-refractivity contribution in [3.05, 3.63) is 29.3 Å². The van der Waals surface area contributed by atoms with Gasteiger partial charge in [0.25, 0.3) is 0 Å². The third-order valence-corrected chi connectivity index (χ3v) is 3.68. The average Bonchev–Trinajstić information content (AvgIpc) is 2.46. The Morgan fingerprint density at radius 1 is 1.27 bits per heavy atom. The van der Waals surface area contributed by atoms with Crippen LogP contribution in [0.3, 0.4) is 0 Å². The van der Waals surface area contributed by atoms with Crippen LogP contribution in [-0.2, 0) is 6.18 Å². The third kappa shape index (κ3) is 3.90. The largest absolute Gasteiger partial charge is 0.416 e. The molecule has 1 aromatic rings. The highest BCUT2D eigenvalue weighted by atomic mass is 19.4. The van der Waals surface area contributed by atoms with Crippen molar-refractivity contribution in [1.82, 2.24) is 4.90 Å². The highest BCUT2D eigenvalue weighted by molar-refractivity contribution is 5.61. The second-order valence-electron chi connectivity index (χ2n) is 5.48. The van der Waals surface area contributed by atoms with Crippen LogP contribution in [0.2, 0.25) is 0 Å². The van der Waals surface area contributed by atoms with Crippen LogP contribution in [-0.4, -0.2) is 48.8 Å². The predicted molar refractivity (Wildman–Crippen MR) is 76.5 cm³/mol. The molecule has 120 valence electrons. The Morgan fingerprint density at radius 2 is 1.91 bits per heavy atom. The van der Waals surface area contributed by atoms with Gasteiger partial charge < -0.3 is 10.0 Å². The standard InChI is InChI=1S/C15H18F3N3O/c1-11(22)10-20-4-6-21(7-5-20)14-3-2-13(15(16,17)18)8-12(14)9-19/h2-3,8,11,22H,4-7,10H2,1H3/t11-/m1/s1. The normalized spacial score (nSPS) is 18.1. The van der Waals surface area contributed by atoms with E-state index in [2.05, 4.69) is 4.90 Å². The lowest BCUT2D eigenvalue weighted by atomic mass is 10.1. The fourth-order valence-electron chi connectivity index (χ4n) is 2.62. The van der Waals surface area contributed by atoms with Gasteiger partial charge in [0.1, 0.15) is 6.07 Å². The van der Waals surface area contributed by atoms with Crippen LogP contribution in [0.25, 0.3) is 0 Å². The maximum atomic E-state index is 12.7. The first kappa shape index (κ1) is 16.6. The van der Waals surface area contributed by atoms with Gasteiger partial charge in [0, 0.05) is 32.7 Å². The highest BCUT2D eigenvalue weighted by Gasteiger charge is 2.31. The Balaban J connectivity index is 2.12. The summed E-state index contributed by atoms with van der Waals surface area (Å²) in [5.74, 6) is 0. The lowest BCUT2D eigenvalue weighted by Crippen LogP contribution is -2.48. The van der Waals surface area contributed by atoms with E-state index in [1.54, 1.807) is 6.92 Å². The SMILES string of the molecule is C[C@@H](O)CN1CCN(c2ccc(C(F)(F)F)cc2C#N)CC1. The minimum Gasteiger partial charge on any atom is -0.392 e. The van der Waals surface area contributed by atoms with Crippen LogP contribution in [0.15, 0.2) is 18.2 Å². The molecule has 1 aromatic carbocycles. The molecular formula is C15H18F3N3O. The number of β-amino-alcohol motifs (C(OH)–C–C–N with tert-alkyl or cyclic N) is 1. The summed E-state index contributed by atoms with van der Waals surface area (Å²) in [6.45, 7) is 4.94. The van der Waals surface area contributed by atoms with Gasteiger partial charge >= 0.3 is 6.18 Å². The van der Waals surface area contributed by atoms with E-state index in [1.807, 2.05) is 11.0 Å². The predicted octanol–water partition coefficient (Wildman–Crippen LogP) is 2.08. The fraction of sp³-hybridized carbons (Fsp3) is 0.533. The molecular weight excluding hydrogens is 295 g/mol. The first-order valence-corrected chi connectivity index (χ1v) is 7.08. The summed E-state index contributed by atoms with van der Waals surface area (Å²) in [4.78, 5) is 4.01. The van der Waals surface area contributed by atoms with E-state index >= 15 is 0 Å². The second-order valence-corrected chi connectivity index (χ2v) is 5.48. The van der Waals surface area contributed by atoms with Crippen molar-refractivity contribution < 1.29 is 18.3 Å². The molecule has 0 amide bonds. The number of hydrogen-bond donors (Lipinski definition) is 1. The molecule has 0 radical (unpaired) electrons. The molecule has 0 saturated carbocycles. The van der Waals surface area contributed by atoms with Crippen molar-refractivity contribution in [1.29, 1.82) is 5.26 Å². The number of alkyl halides is 3. The Labute approximate surface area is 127 Å². The molecule has 1 N–H and O–H groups in total. The van der Waals surface area contributed by atoms with Crippen LogP contribution in [0.1, 0.15) is 18.1 Å². The Hall–Kier alpha value is -1.78. The molecule has 7 heteroatoms. The summed E-state index contributed by atoms with van der Waals surface area (Å²) in [6, 6.07) is 5.13. The van der Waals surface area contributed by atoms with Gasteiger partial charge in [-0.05, 0) is 25.1 Å². The maximum Gasteiger partial charge on any atom is 0.416 e. The zero-order valence-corrected chi connectivity index (χ0v) is 12.3. The van der Waals surface area contributed by atoms with Crippen LogP contribution >= 0.6 is 0 Å². The molecule has 2 rings (SSSR count). The minimum absolute atomic E-state index is 0.0406. The fourth-order valence-corrected chi connectivity index (χ4v) is 2.62. The van der Waals surface area contributed by atoms with Gasteiger partial charge in [0.2, 0.25) is 0 Å². The van der Waals surface area contributed by atoms with Crippen molar-refractivity contribution in [3.63, 3.8) is 0 Å². The number of halogens is 3. The van der Waals surface area contributed by atoms with Gasteiger partial charge in [-0.1, -0.05) is 0 Å². The van der Waals surface area contributed by atoms with E-state index in [4.69, 9.17) is 5.26 Å². The number of anilines is 1. The number of aliphatic hydroxyl groups is 1. The lowest BCUT2D eigenvalue weighted by molar-refractivity contribution is -0.137. The van der Waals surface area contributed by atoms with Crippen molar-refractivity contribution >= 4 is 5.69 Å². The second kappa shape index (κ2) is 6.55. The molecule has 1 aliphatic heterocycles. The number of piperazine rings is 1. The number of aliphatic hydroxyl groups excluding tert-OH is 1. The third-order valence-electron chi connectivity index (χ3n) is 3.68.